The largest absolute Gasteiger partial charge is 0.457 e. The van der Waals surface area contributed by atoms with Crippen molar-refractivity contribution in [2.75, 3.05) is 6.54 Å². The van der Waals surface area contributed by atoms with Crippen LogP contribution in [0.15, 0.2) is 72.8 Å². The molecule has 0 heterocycles. The van der Waals surface area contributed by atoms with E-state index in [0.29, 0.717) is 0 Å². The van der Waals surface area contributed by atoms with Crippen LogP contribution in [0.1, 0.15) is 50.3 Å². The molecule has 0 saturated carbocycles. The summed E-state index contributed by atoms with van der Waals surface area (Å²) in [4.78, 5) is 12.3. The van der Waals surface area contributed by atoms with Gasteiger partial charge in [-0.05, 0) is 37.0 Å². The van der Waals surface area contributed by atoms with Crippen LogP contribution < -0.4 is 5.32 Å². The van der Waals surface area contributed by atoms with E-state index < -0.39 is 0 Å². The number of unbranched alkanes of at least 4 members (excludes halogenated alkanes) is 1. The Kier molecular flexibility index (Phi) is 8.64. The Labute approximate surface area is 157 Å². The van der Waals surface area contributed by atoms with Crippen molar-refractivity contribution < 1.29 is 9.53 Å². The van der Waals surface area contributed by atoms with Gasteiger partial charge in [0.2, 0.25) is 0 Å². The molecule has 1 N–H and O–H groups in total. The third kappa shape index (κ3) is 6.49. The summed E-state index contributed by atoms with van der Waals surface area (Å²) in [6.07, 6.45) is 6.77. The lowest BCUT2D eigenvalue weighted by Gasteiger charge is -2.20. The van der Waals surface area contributed by atoms with Gasteiger partial charge >= 0.3 is 5.97 Å². The zero-order valence-corrected chi connectivity index (χ0v) is 15.7. The minimum atomic E-state index is -0.221. The maximum Gasteiger partial charge on any atom is 0.320 e. The number of rotatable bonds is 10. The molecule has 26 heavy (non-hydrogen) atoms. The van der Waals surface area contributed by atoms with Gasteiger partial charge < -0.3 is 4.74 Å². The third-order valence-electron chi connectivity index (χ3n) is 4.25. The zero-order valence-electron chi connectivity index (χ0n) is 15.7. The molecule has 1 unspecified atom stereocenters. The van der Waals surface area contributed by atoms with Gasteiger partial charge in [0.15, 0.2) is 0 Å². The first-order chi connectivity index (χ1) is 12.7. The Hall–Kier alpha value is -2.39. The SMILES string of the molecule is CC=CC(CCCC)OC(=O)CNC(c1ccccc1)c1ccccc1. The molecule has 1 atom stereocenters. The smallest absolute Gasteiger partial charge is 0.320 e. The topological polar surface area (TPSA) is 38.3 Å². The van der Waals surface area contributed by atoms with Crippen LogP contribution in [0.25, 0.3) is 0 Å². The van der Waals surface area contributed by atoms with Crippen molar-refractivity contribution in [1.29, 1.82) is 0 Å². The summed E-state index contributed by atoms with van der Waals surface area (Å²) in [7, 11) is 0. The first kappa shape index (κ1) is 19.9. The van der Waals surface area contributed by atoms with Gasteiger partial charge in [0.1, 0.15) is 6.10 Å². The second kappa shape index (κ2) is 11.3. The van der Waals surface area contributed by atoms with Gasteiger partial charge in [-0.15, -0.1) is 0 Å². The molecular weight excluding hydrogens is 322 g/mol. The summed E-state index contributed by atoms with van der Waals surface area (Å²) < 4.78 is 5.63. The highest BCUT2D eigenvalue weighted by Crippen LogP contribution is 2.21. The van der Waals surface area contributed by atoms with Crippen molar-refractivity contribution in [2.24, 2.45) is 0 Å². The first-order valence-corrected chi connectivity index (χ1v) is 9.40. The van der Waals surface area contributed by atoms with Crippen LogP contribution in [-0.4, -0.2) is 18.6 Å². The van der Waals surface area contributed by atoms with Gasteiger partial charge in [0.25, 0.3) is 0 Å². The minimum absolute atomic E-state index is 0.0410. The van der Waals surface area contributed by atoms with E-state index >= 15 is 0 Å². The zero-order chi connectivity index (χ0) is 18.6. The normalized spacial score (nSPS) is 12.4. The Morgan fingerprint density at radius 2 is 1.62 bits per heavy atom. The lowest BCUT2D eigenvalue weighted by molar-refractivity contribution is -0.146. The number of hydrogen-bond donors (Lipinski definition) is 1. The van der Waals surface area contributed by atoms with E-state index in [9.17, 15) is 4.79 Å². The molecule has 0 radical (unpaired) electrons. The molecule has 0 aliphatic rings. The third-order valence-corrected chi connectivity index (χ3v) is 4.25. The highest BCUT2D eigenvalue weighted by atomic mass is 16.5. The Morgan fingerprint density at radius 3 is 2.12 bits per heavy atom. The van der Waals surface area contributed by atoms with Gasteiger partial charge in [-0.25, -0.2) is 0 Å². The standard InChI is InChI=1S/C23H29NO2/c1-3-5-17-21(12-4-2)26-22(25)18-24-23(19-13-8-6-9-14-19)20-15-10-7-11-16-20/h4,6-16,21,23-24H,3,5,17-18H2,1-2H3. The predicted octanol–water partition coefficient (Wildman–Crippen LogP) is 5.04. The van der Waals surface area contributed by atoms with Crippen molar-refractivity contribution in [2.45, 2.75) is 45.3 Å². The average molecular weight is 351 g/mol. The number of benzene rings is 2. The number of nitrogens with one attached hydrogen (secondary N) is 1. The average Bonchev–Trinajstić information content (AvgIpc) is 2.68. The molecule has 0 bridgehead atoms. The molecule has 2 aromatic rings. The predicted molar refractivity (Wildman–Crippen MR) is 107 cm³/mol. The van der Waals surface area contributed by atoms with Crippen molar-refractivity contribution in [3.8, 4) is 0 Å². The molecule has 0 aliphatic heterocycles. The lowest BCUT2D eigenvalue weighted by Crippen LogP contribution is -2.31. The van der Waals surface area contributed by atoms with E-state index in [2.05, 4.69) is 36.5 Å². The van der Waals surface area contributed by atoms with E-state index in [0.717, 1.165) is 30.4 Å². The van der Waals surface area contributed by atoms with Crippen LogP contribution in [0.3, 0.4) is 0 Å². The summed E-state index contributed by atoms with van der Waals surface area (Å²) in [5.74, 6) is -0.221. The monoisotopic (exact) mass is 351 g/mol. The second-order valence-electron chi connectivity index (χ2n) is 6.33. The maximum absolute atomic E-state index is 12.3. The number of ether oxygens (including phenoxy) is 1. The van der Waals surface area contributed by atoms with Crippen LogP contribution in [-0.2, 0) is 9.53 Å². The summed E-state index contributed by atoms with van der Waals surface area (Å²) in [5.41, 5.74) is 2.25. The van der Waals surface area contributed by atoms with Gasteiger partial charge in [-0.2, -0.15) is 0 Å². The fourth-order valence-electron chi connectivity index (χ4n) is 2.93. The fourth-order valence-corrected chi connectivity index (χ4v) is 2.93. The van der Waals surface area contributed by atoms with E-state index in [-0.39, 0.29) is 24.7 Å². The molecule has 0 aliphatic carbocycles. The molecule has 0 amide bonds. The summed E-state index contributed by atoms with van der Waals surface area (Å²) in [6.45, 7) is 4.26. The van der Waals surface area contributed by atoms with Crippen LogP contribution in [0, 0.1) is 0 Å². The summed E-state index contributed by atoms with van der Waals surface area (Å²) in [6, 6.07) is 20.3. The van der Waals surface area contributed by atoms with Gasteiger partial charge in [-0.1, -0.05) is 80.1 Å². The van der Waals surface area contributed by atoms with Crippen LogP contribution in [0.4, 0.5) is 0 Å². The van der Waals surface area contributed by atoms with Crippen molar-refractivity contribution in [3.05, 3.63) is 83.9 Å². The fraction of sp³-hybridized carbons (Fsp3) is 0.348. The second-order valence-corrected chi connectivity index (χ2v) is 6.33. The molecule has 3 heteroatoms. The van der Waals surface area contributed by atoms with Gasteiger partial charge in [0, 0.05) is 0 Å². The molecule has 2 aromatic carbocycles. The molecular formula is C23H29NO2. The minimum Gasteiger partial charge on any atom is -0.457 e. The van der Waals surface area contributed by atoms with E-state index in [1.807, 2.05) is 55.5 Å². The first-order valence-electron chi connectivity index (χ1n) is 9.40. The van der Waals surface area contributed by atoms with Crippen LogP contribution >= 0.6 is 0 Å². The molecule has 0 aromatic heterocycles. The Bertz CT molecular complexity index is 628. The molecule has 0 spiro atoms. The molecule has 3 nitrogen and oxygen atoms in total. The maximum atomic E-state index is 12.3. The van der Waals surface area contributed by atoms with Crippen LogP contribution in [0.5, 0.6) is 0 Å². The highest BCUT2D eigenvalue weighted by molar-refractivity contribution is 5.72. The number of allylic oxidation sites excluding steroid dienone is 1. The van der Waals surface area contributed by atoms with E-state index in [1.165, 1.54) is 0 Å². The van der Waals surface area contributed by atoms with Gasteiger partial charge in [-0.3, -0.25) is 10.1 Å². The van der Waals surface area contributed by atoms with Crippen molar-refractivity contribution in [3.63, 3.8) is 0 Å². The number of hydrogen-bond acceptors (Lipinski definition) is 3. The van der Waals surface area contributed by atoms with Crippen molar-refractivity contribution >= 4 is 5.97 Å². The van der Waals surface area contributed by atoms with Crippen LogP contribution in [0.2, 0.25) is 0 Å². The summed E-state index contributed by atoms with van der Waals surface area (Å²) >= 11 is 0. The molecule has 0 fully saturated rings. The van der Waals surface area contributed by atoms with E-state index in [4.69, 9.17) is 4.74 Å². The number of carbonyl (C=O) groups is 1. The molecule has 2 rings (SSSR count). The Morgan fingerprint density at radius 1 is 1.04 bits per heavy atom. The quantitative estimate of drug-likeness (QED) is 0.481. The number of carbonyl (C=O) groups excluding carboxylic acids is 1. The van der Waals surface area contributed by atoms with Gasteiger partial charge in [0.05, 0.1) is 12.6 Å². The van der Waals surface area contributed by atoms with Crippen molar-refractivity contribution in [1.82, 2.24) is 5.32 Å². The lowest BCUT2D eigenvalue weighted by atomic mass is 9.99. The highest BCUT2D eigenvalue weighted by Gasteiger charge is 2.17. The summed E-state index contributed by atoms with van der Waals surface area (Å²) in [5, 5.41) is 3.36. The molecule has 0 saturated heterocycles. The Balaban J connectivity index is 2.01. The number of esters is 1. The van der Waals surface area contributed by atoms with E-state index in [1.54, 1.807) is 0 Å². The molecule has 138 valence electrons.